The fourth-order valence-corrected chi connectivity index (χ4v) is 3.83. The molecule has 1 amide bonds. The molecule has 1 aromatic carbocycles. The van der Waals surface area contributed by atoms with E-state index in [4.69, 9.17) is 5.73 Å². The SMILES string of the molecule is Cc1cnn(C)c1-c1csc(C(=O)NC(CN)CCc2ccccc2)c1. The van der Waals surface area contributed by atoms with Crippen molar-refractivity contribution in [2.45, 2.75) is 25.8 Å². The summed E-state index contributed by atoms with van der Waals surface area (Å²) >= 11 is 1.45. The lowest BCUT2D eigenvalue weighted by Gasteiger charge is -2.16. The predicted molar refractivity (Wildman–Crippen MR) is 106 cm³/mol. The molecular weight excluding hydrogens is 344 g/mol. The van der Waals surface area contributed by atoms with Gasteiger partial charge in [-0.05, 0) is 37.0 Å². The first-order valence-corrected chi connectivity index (χ1v) is 9.58. The first-order chi connectivity index (χ1) is 12.6. The van der Waals surface area contributed by atoms with Gasteiger partial charge in [-0.2, -0.15) is 5.10 Å². The maximum absolute atomic E-state index is 12.6. The molecule has 0 bridgehead atoms. The van der Waals surface area contributed by atoms with E-state index in [0.29, 0.717) is 11.4 Å². The lowest BCUT2D eigenvalue weighted by atomic mass is 10.1. The lowest BCUT2D eigenvalue weighted by Crippen LogP contribution is -2.40. The largest absolute Gasteiger partial charge is 0.347 e. The van der Waals surface area contributed by atoms with E-state index in [0.717, 1.165) is 29.7 Å². The fourth-order valence-electron chi connectivity index (χ4n) is 3.03. The molecule has 2 aromatic heterocycles. The number of amides is 1. The molecule has 0 saturated carbocycles. The van der Waals surface area contributed by atoms with E-state index < -0.39 is 0 Å². The van der Waals surface area contributed by atoms with Crippen LogP contribution < -0.4 is 11.1 Å². The fraction of sp³-hybridized carbons (Fsp3) is 0.300. The molecule has 0 radical (unpaired) electrons. The molecule has 26 heavy (non-hydrogen) atoms. The Morgan fingerprint density at radius 1 is 1.35 bits per heavy atom. The van der Waals surface area contributed by atoms with Crippen LogP contribution in [0.15, 0.2) is 48.0 Å². The van der Waals surface area contributed by atoms with Crippen molar-refractivity contribution in [3.8, 4) is 11.3 Å². The number of nitrogens with one attached hydrogen (secondary N) is 1. The van der Waals surface area contributed by atoms with Gasteiger partial charge in [0.15, 0.2) is 0 Å². The van der Waals surface area contributed by atoms with Crippen LogP contribution in [0.25, 0.3) is 11.3 Å². The predicted octanol–water partition coefficient (Wildman–Crippen LogP) is 3.15. The Bertz CT molecular complexity index is 850. The van der Waals surface area contributed by atoms with Crippen LogP contribution in [0.3, 0.4) is 0 Å². The smallest absolute Gasteiger partial charge is 0.261 e. The number of thiophene rings is 1. The number of hydrogen-bond donors (Lipinski definition) is 2. The Balaban J connectivity index is 1.63. The standard InChI is InChI=1S/C20H24N4OS/c1-14-12-22-24(2)19(14)16-10-18(26-13-16)20(25)23-17(11-21)9-8-15-6-4-3-5-7-15/h3-7,10,12-13,17H,8-9,11,21H2,1-2H3,(H,23,25). The zero-order valence-corrected chi connectivity index (χ0v) is 15.9. The molecular formula is C20H24N4OS. The van der Waals surface area contributed by atoms with Gasteiger partial charge < -0.3 is 11.1 Å². The zero-order valence-electron chi connectivity index (χ0n) is 15.1. The number of rotatable bonds is 7. The quantitative estimate of drug-likeness (QED) is 0.673. The summed E-state index contributed by atoms with van der Waals surface area (Å²) in [6, 6.07) is 12.1. The molecule has 136 valence electrons. The molecule has 2 heterocycles. The Labute approximate surface area is 157 Å². The van der Waals surface area contributed by atoms with Crippen LogP contribution in [0.1, 0.15) is 27.2 Å². The molecule has 0 aliphatic heterocycles. The number of nitrogens with two attached hydrogens (primary N) is 1. The van der Waals surface area contributed by atoms with E-state index >= 15 is 0 Å². The van der Waals surface area contributed by atoms with Gasteiger partial charge in [0.05, 0.1) is 16.8 Å². The summed E-state index contributed by atoms with van der Waals surface area (Å²) in [6.45, 7) is 2.45. The number of aromatic nitrogens is 2. The molecule has 0 aliphatic rings. The Hall–Kier alpha value is -2.44. The van der Waals surface area contributed by atoms with Crippen LogP contribution in [0.5, 0.6) is 0 Å². The van der Waals surface area contributed by atoms with Gasteiger partial charge >= 0.3 is 0 Å². The molecule has 6 heteroatoms. The highest BCUT2D eigenvalue weighted by Gasteiger charge is 2.16. The summed E-state index contributed by atoms with van der Waals surface area (Å²) in [4.78, 5) is 13.3. The second kappa shape index (κ2) is 8.29. The zero-order chi connectivity index (χ0) is 18.5. The third-order valence-electron chi connectivity index (χ3n) is 4.46. The topological polar surface area (TPSA) is 72.9 Å². The summed E-state index contributed by atoms with van der Waals surface area (Å²) in [5.74, 6) is -0.0652. The van der Waals surface area contributed by atoms with Gasteiger partial charge in [0.25, 0.3) is 5.91 Å². The normalized spacial score (nSPS) is 12.1. The number of carbonyl (C=O) groups is 1. The van der Waals surface area contributed by atoms with Crippen LogP contribution in [0, 0.1) is 6.92 Å². The molecule has 5 nitrogen and oxygen atoms in total. The first kappa shape index (κ1) is 18.4. The third kappa shape index (κ3) is 4.20. The monoisotopic (exact) mass is 368 g/mol. The van der Waals surface area contributed by atoms with Gasteiger partial charge in [-0.25, -0.2) is 0 Å². The van der Waals surface area contributed by atoms with Crippen molar-refractivity contribution in [3.05, 3.63) is 64.0 Å². The molecule has 0 spiro atoms. The van der Waals surface area contributed by atoms with Crippen molar-refractivity contribution in [1.82, 2.24) is 15.1 Å². The van der Waals surface area contributed by atoms with Crippen LogP contribution in [0.2, 0.25) is 0 Å². The summed E-state index contributed by atoms with van der Waals surface area (Å²) in [7, 11) is 1.91. The summed E-state index contributed by atoms with van der Waals surface area (Å²) in [5.41, 5.74) is 10.3. The number of nitrogens with zero attached hydrogens (tertiary/aromatic N) is 2. The Morgan fingerprint density at radius 2 is 2.12 bits per heavy atom. The van der Waals surface area contributed by atoms with Crippen LogP contribution in [-0.2, 0) is 13.5 Å². The van der Waals surface area contributed by atoms with E-state index in [9.17, 15) is 4.79 Å². The molecule has 1 atom stereocenters. The van der Waals surface area contributed by atoms with Crippen molar-refractivity contribution < 1.29 is 4.79 Å². The highest BCUT2D eigenvalue weighted by molar-refractivity contribution is 7.12. The van der Waals surface area contributed by atoms with E-state index in [1.165, 1.54) is 16.9 Å². The van der Waals surface area contributed by atoms with Crippen molar-refractivity contribution >= 4 is 17.2 Å². The maximum Gasteiger partial charge on any atom is 0.261 e. The van der Waals surface area contributed by atoms with Crippen LogP contribution >= 0.6 is 11.3 Å². The molecule has 1 unspecified atom stereocenters. The molecule has 0 saturated heterocycles. The first-order valence-electron chi connectivity index (χ1n) is 8.71. The molecule has 3 N–H and O–H groups in total. The second-order valence-electron chi connectivity index (χ2n) is 6.43. The summed E-state index contributed by atoms with van der Waals surface area (Å²) in [5, 5.41) is 9.33. The maximum atomic E-state index is 12.6. The van der Waals surface area contributed by atoms with Gasteiger partial charge in [-0.3, -0.25) is 9.48 Å². The van der Waals surface area contributed by atoms with Crippen molar-refractivity contribution in [3.63, 3.8) is 0 Å². The van der Waals surface area contributed by atoms with Crippen molar-refractivity contribution in [1.29, 1.82) is 0 Å². The van der Waals surface area contributed by atoms with Crippen LogP contribution in [0.4, 0.5) is 0 Å². The van der Waals surface area contributed by atoms with E-state index in [1.54, 1.807) is 0 Å². The summed E-state index contributed by atoms with van der Waals surface area (Å²) in [6.07, 6.45) is 3.55. The molecule has 0 fully saturated rings. The lowest BCUT2D eigenvalue weighted by molar-refractivity contribution is 0.0940. The Kier molecular flexibility index (Phi) is 5.85. The van der Waals surface area contributed by atoms with Crippen LogP contribution in [-0.4, -0.2) is 28.3 Å². The second-order valence-corrected chi connectivity index (χ2v) is 7.34. The number of benzene rings is 1. The number of aryl methyl sites for hydroxylation is 3. The third-order valence-corrected chi connectivity index (χ3v) is 5.39. The highest BCUT2D eigenvalue weighted by Crippen LogP contribution is 2.27. The van der Waals surface area contributed by atoms with E-state index in [-0.39, 0.29) is 11.9 Å². The Morgan fingerprint density at radius 3 is 2.77 bits per heavy atom. The van der Waals surface area contributed by atoms with Gasteiger partial charge in [-0.1, -0.05) is 30.3 Å². The van der Waals surface area contributed by atoms with Gasteiger partial charge in [0.2, 0.25) is 0 Å². The minimum absolute atomic E-state index is 0.0355. The average molecular weight is 369 g/mol. The van der Waals surface area contributed by atoms with Gasteiger partial charge in [0, 0.05) is 30.6 Å². The minimum atomic E-state index is -0.0652. The molecule has 3 aromatic rings. The molecule has 0 aliphatic carbocycles. The van der Waals surface area contributed by atoms with E-state index in [2.05, 4.69) is 22.5 Å². The average Bonchev–Trinajstić information content (AvgIpc) is 3.26. The van der Waals surface area contributed by atoms with Crippen molar-refractivity contribution in [2.24, 2.45) is 12.8 Å². The van der Waals surface area contributed by atoms with E-state index in [1.807, 2.05) is 54.5 Å². The number of carbonyl (C=O) groups excluding carboxylic acids is 1. The number of hydrogen-bond acceptors (Lipinski definition) is 4. The van der Waals surface area contributed by atoms with Gasteiger partial charge in [0.1, 0.15) is 0 Å². The minimum Gasteiger partial charge on any atom is -0.347 e. The van der Waals surface area contributed by atoms with Gasteiger partial charge in [-0.15, -0.1) is 11.3 Å². The highest BCUT2D eigenvalue weighted by atomic mass is 32.1. The van der Waals surface area contributed by atoms with Crippen molar-refractivity contribution in [2.75, 3.05) is 6.54 Å². The molecule has 3 rings (SSSR count). The summed E-state index contributed by atoms with van der Waals surface area (Å²) < 4.78 is 1.83.